The zero-order valence-corrected chi connectivity index (χ0v) is 14.9. The van der Waals surface area contributed by atoms with Crippen molar-refractivity contribution in [3.63, 3.8) is 0 Å². The van der Waals surface area contributed by atoms with Gasteiger partial charge in [-0.3, -0.25) is 4.79 Å². The number of nitrogens with one attached hydrogen (secondary N) is 1. The van der Waals surface area contributed by atoms with Crippen molar-refractivity contribution in [3.05, 3.63) is 82.3 Å². The summed E-state index contributed by atoms with van der Waals surface area (Å²) in [6, 6.07) is 19.5. The molecular formula is C20H12Cl2N2O2. The van der Waals surface area contributed by atoms with Gasteiger partial charge in [0.1, 0.15) is 5.52 Å². The summed E-state index contributed by atoms with van der Waals surface area (Å²) in [6.45, 7) is 0. The quantitative estimate of drug-likeness (QED) is 0.468. The number of hydrogen-bond acceptors (Lipinski definition) is 3. The van der Waals surface area contributed by atoms with E-state index >= 15 is 0 Å². The number of aromatic nitrogens is 1. The largest absolute Gasteiger partial charge is 0.436 e. The Morgan fingerprint density at radius 3 is 2.31 bits per heavy atom. The molecule has 0 bridgehead atoms. The first-order valence-electron chi connectivity index (χ1n) is 7.82. The Balaban J connectivity index is 1.55. The number of fused-ring (bicyclic) bond motifs is 1. The summed E-state index contributed by atoms with van der Waals surface area (Å²) < 4.78 is 5.74. The zero-order valence-electron chi connectivity index (χ0n) is 13.4. The van der Waals surface area contributed by atoms with Crippen LogP contribution in [0, 0.1) is 0 Å². The van der Waals surface area contributed by atoms with Crippen LogP contribution < -0.4 is 5.32 Å². The summed E-state index contributed by atoms with van der Waals surface area (Å²) in [5.74, 6) is 0.245. The Hall–Kier alpha value is -2.82. The van der Waals surface area contributed by atoms with Crippen LogP contribution in [0.3, 0.4) is 0 Å². The molecule has 0 saturated carbocycles. The van der Waals surface area contributed by atoms with Crippen LogP contribution in [-0.4, -0.2) is 10.9 Å². The predicted octanol–water partition coefficient (Wildman–Crippen LogP) is 6.05. The van der Waals surface area contributed by atoms with Crippen LogP contribution in [0.15, 0.2) is 71.1 Å². The molecule has 1 amide bonds. The van der Waals surface area contributed by atoms with Gasteiger partial charge in [-0.25, -0.2) is 4.98 Å². The predicted molar refractivity (Wildman–Crippen MR) is 104 cm³/mol. The van der Waals surface area contributed by atoms with Gasteiger partial charge in [0.2, 0.25) is 5.89 Å². The number of oxazole rings is 1. The van der Waals surface area contributed by atoms with Gasteiger partial charge in [0.25, 0.3) is 5.91 Å². The molecule has 0 saturated heterocycles. The van der Waals surface area contributed by atoms with Crippen molar-refractivity contribution in [1.29, 1.82) is 0 Å². The maximum Gasteiger partial charge on any atom is 0.255 e. The lowest BCUT2D eigenvalue weighted by molar-refractivity contribution is 0.102. The van der Waals surface area contributed by atoms with Crippen LogP contribution in [0.4, 0.5) is 5.69 Å². The van der Waals surface area contributed by atoms with E-state index in [-0.39, 0.29) is 5.91 Å². The first-order chi connectivity index (χ1) is 12.6. The summed E-state index contributed by atoms with van der Waals surface area (Å²) in [6.07, 6.45) is 0. The average molecular weight is 383 g/mol. The smallest absolute Gasteiger partial charge is 0.255 e. The number of rotatable bonds is 3. The Labute approximate surface area is 159 Å². The molecule has 1 aromatic heterocycles. The molecule has 0 radical (unpaired) electrons. The van der Waals surface area contributed by atoms with E-state index in [0.717, 1.165) is 16.7 Å². The number of anilines is 1. The topological polar surface area (TPSA) is 55.1 Å². The number of para-hydroxylation sites is 2. The SMILES string of the molecule is O=C(Nc1ccc(-c2nc3ccccc3o2)cc1)c1cc(Cl)cc(Cl)c1. The first-order valence-corrected chi connectivity index (χ1v) is 8.57. The Morgan fingerprint density at radius 2 is 1.62 bits per heavy atom. The van der Waals surface area contributed by atoms with Crippen molar-refractivity contribution in [3.8, 4) is 11.5 Å². The molecule has 0 aliphatic heterocycles. The van der Waals surface area contributed by atoms with Crippen LogP contribution >= 0.6 is 23.2 Å². The molecule has 1 N–H and O–H groups in total. The Bertz CT molecular complexity index is 1050. The molecule has 0 aliphatic rings. The summed E-state index contributed by atoms with van der Waals surface area (Å²) in [5.41, 5.74) is 3.40. The minimum absolute atomic E-state index is 0.288. The second-order valence-electron chi connectivity index (χ2n) is 5.68. The van der Waals surface area contributed by atoms with E-state index in [9.17, 15) is 4.79 Å². The number of amides is 1. The Kier molecular flexibility index (Phi) is 4.37. The molecule has 128 valence electrons. The molecule has 0 aliphatic carbocycles. The van der Waals surface area contributed by atoms with Crippen LogP contribution in [0.1, 0.15) is 10.4 Å². The zero-order chi connectivity index (χ0) is 18.1. The van der Waals surface area contributed by atoms with Crippen molar-refractivity contribution >= 4 is 45.9 Å². The molecule has 4 rings (SSSR count). The van der Waals surface area contributed by atoms with Crippen molar-refractivity contribution < 1.29 is 9.21 Å². The average Bonchev–Trinajstić information content (AvgIpc) is 3.05. The second-order valence-corrected chi connectivity index (χ2v) is 6.55. The van der Waals surface area contributed by atoms with Gasteiger partial charge in [-0.1, -0.05) is 35.3 Å². The molecular weight excluding hydrogens is 371 g/mol. The maximum absolute atomic E-state index is 12.3. The Morgan fingerprint density at radius 1 is 0.923 bits per heavy atom. The van der Waals surface area contributed by atoms with Crippen molar-refractivity contribution in [2.24, 2.45) is 0 Å². The molecule has 3 aromatic carbocycles. The lowest BCUT2D eigenvalue weighted by Gasteiger charge is -2.06. The normalized spacial score (nSPS) is 10.8. The van der Waals surface area contributed by atoms with E-state index in [1.54, 1.807) is 30.3 Å². The highest BCUT2D eigenvalue weighted by Crippen LogP contribution is 2.25. The van der Waals surface area contributed by atoms with Crippen LogP contribution in [-0.2, 0) is 0 Å². The number of carbonyl (C=O) groups excluding carboxylic acids is 1. The number of hydrogen-bond donors (Lipinski definition) is 1. The van der Waals surface area contributed by atoms with E-state index in [1.807, 2.05) is 36.4 Å². The molecule has 26 heavy (non-hydrogen) atoms. The van der Waals surface area contributed by atoms with Gasteiger partial charge in [-0.2, -0.15) is 0 Å². The minimum Gasteiger partial charge on any atom is -0.436 e. The third-order valence-electron chi connectivity index (χ3n) is 3.81. The van der Waals surface area contributed by atoms with E-state index in [4.69, 9.17) is 27.6 Å². The van der Waals surface area contributed by atoms with E-state index in [0.29, 0.717) is 27.2 Å². The fourth-order valence-electron chi connectivity index (χ4n) is 2.58. The molecule has 1 heterocycles. The number of benzene rings is 3. The third-order valence-corrected chi connectivity index (χ3v) is 4.24. The summed E-state index contributed by atoms with van der Waals surface area (Å²) >= 11 is 11.9. The van der Waals surface area contributed by atoms with Gasteiger partial charge in [0.05, 0.1) is 0 Å². The monoisotopic (exact) mass is 382 g/mol. The number of halogens is 2. The molecule has 0 atom stereocenters. The fourth-order valence-corrected chi connectivity index (χ4v) is 3.11. The number of carbonyl (C=O) groups is 1. The third kappa shape index (κ3) is 3.43. The van der Waals surface area contributed by atoms with Gasteiger partial charge >= 0.3 is 0 Å². The molecule has 6 heteroatoms. The molecule has 0 unspecified atom stereocenters. The first kappa shape index (κ1) is 16.6. The van der Waals surface area contributed by atoms with E-state index in [1.165, 1.54) is 0 Å². The van der Waals surface area contributed by atoms with Gasteiger partial charge in [-0.15, -0.1) is 0 Å². The van der Waals surface area contributed by atoms with Gasteiger partial charge in [0.15, 0.2) is 5.58 Å². The molecule has 4 nitrogen and oxygen atoms in total. The molecule has 0 fully saturated rings. The highest BCUT2D eigenvalue weighted by atomic mass is 35.5. The van der Waals surface area contributed by atoms with Gasteiger partial charge in [0, 0.05) is 26.9 Å². The van der Waals surface area contributed by atoms with Crippen molar-refractivity contribution in [1.82, 2.24) is 4.98 Å². The fraction of sp³-hybridized carbons (Fsp3) is 0. The van der Waals surface area contributed by atoms with Crippen LogP contribution in [0.25, 0.3) is 22.6 Å². The van der Waals surface area contributed by atoms with Gasteiger partial charge < -0.3 is 9.73 Å². The molecule has 4 aromatic rings. The van der Waals surface area contributed by atoms with Crippen LogP contribution in [0.5, 0.6) is 0 Å². The highest BCUT2D eigenvalue weighted by Gasteiger charge is 2.10. The minimum atomic E-state index is -0.288. The van der Waals surface area contributed by atoms with Crippen LogP contribution in [0.2, 0.25) is 10.0 Å². The van der Waals surface area contributed by atoms with Crippen molar-refractivity contribution in [2.75, 3.05) is 5.32 Å². The summed E-state index contributed by atoms with van der Waals surface area (Å²) in [5, 5.41) is 3.63. The van der Waals surface area contributed by atoms with E-state index in [2.05, 4.69) is 10.3 Å². The molecule has 0 spiro atoms. The maximum atomic E-state index is 12.3. The summed E-state index contributed by atoms with van der Waals surface area (Å²) in [7, 11) is 0. The second kappa shape index (κ2) is 6.83. The highest BCUT2D eigenvalue weighted by molar-refractivity contribution is 6.35. The standard InChI is InChI=1S/C20H12Cl2N2O2/c21-14-9-13(10-15(22)11-14)19(25)23-16-7-5-12(6-8-16)20-24-17-3-1-2-4-18(17)26-20/h1-11H,(H,23,25). The van der Waals surface area contributed by atoms with E-state index < -0.39 is 0 Å². The number of nitrogens with zero attached hydrogens (tertiary/aromatic N) is 1. The van der Waals surface area contributed by atoms with Gasteiger partial charge in [-0.05, 0) is 54.6 Å². The lowest BCUT2D eigenvalue weighted by Crippen LogP contribution is -2.11. The van der Waals surface area contributed by atoms with Crippen molar-refractivity contribution in [2.45, 2.75) is 0 Å². The summed E-state index contributed by atoms with van der Waals surface area (Å²) in [4.78, 5) is 16.8. The lowest BCUT2D eigenvalue weighted by atomic mass is 10.2.